The lowest BCUT2D eigenvalue weighted by atomic mass is 10.0. The number of para-hydroxylation sites is 2. The molecule has 0 atom stereocenters. The van der Waals surface area contributed by atoms with Gasteiger partial charge in [-0.15, -0.1) is 10.2 Å². The Morgan fingerprint density at radius 1 is 0.939 bits per heavy atom. The Morgan fingerprint density at radius 3 is 2.30 bits per heavy atom. The van der Waals surface area contributed by atoms with E-state index >= 15 is 0 Å². The lowest BCUT2D eigenvalue weighted by Gasteiger charge is -2.15. The first-order valence-corrected chi connectivity index (χ1v) is 12.1. The molecule has 1 amide bonds. The Kier molecular flexibility index (Phi) is 7.19. The average Bonchev–Trinajstić information content (AvgIpc) is 3.27. The first-order chi connectivity index (χ1) is 16.1. The quantitative estimate of drug-likeness (QED) is 0.354. The number of aryl methyl sites for hydroxylation is 3. The molecule has 0 unspecified atom stereocenters. The van der Waals surface area contributed by atoms with E-state index in [4.69, 9.17) is 0 Å². The lowest BCUT2D eigenvalue weighted by Crippen LogP contribution is -2.17. The Labute approximate surface area is 198 Å². The van der Waals surface area contributed by atoms with Gasteiger partial charge in [0.15, 0.2) is 11.0 Å². The predicted molar refractivity (Wildman–Crippen MR) is 134 cm³/mol. The number of amides is 1. The van der Waals surface area contributed by atoms with Crippen molar-refractivity contribution in [2.24, 2.45) is 0 Å². The van der Waals surface area contributed by atoms with Crippen molar-refractivity contribution in [1.29, 1.82) is 0 Å². The van der Waals surface area contributed by atoms with Crippen LogP contribution in [0.25, 0.3) is 17.1 Å². The topological polar surface area (TPSA) is 72.7 Å². The van der Waals surface area contributed by atoms with Gasteiger partial charge in [-0.25, -0.2) is 0 Å². The maximum absolute atomic E-state index is 12.9. The zero-order valence-electron chi connectivity index (χ0n) is 19.1. The van der Waals surface area contributed by atoms with Crippen LogP contribution in [0.4, 0.5) is 5.69 Å². The number of carbonyl (C=O) groups excluding carboxylic acids is 1. The van der Waals surface area contributed by atoms with Gasteiger partial charge in [-0.2, -0.15) is 0 Å². The molecule has 168 valence electrons. The molecule has 0 spiro atoms. The molecule has 0 aliphatic rings. The average molecular weight is 458 g/mol. The zero-order valence-corrected chi connectivity index (χ0v) is 19.9. The van der Waals surface area contributed by atoms with Crippen LogP contribution >= 0.6 is 11.8 Å². The second kappa shape index (κ2) is 10.4. The second-order valence-electron chi connectivity index (χ2n) is 7.66. The summed E-state index contributed by atoms with van der Waals surface area (Å²) in [4.78, 5) is 17.0. The van der Waals surface area contributed by atoms with Crippen molar-refractivity contribution in [3.63, 3.8) is 0 Å². The molecule has 2 heterocycles. The van der Waals surface area contributed by atoms with E-state index < -0.39 is 0 Å². The highest BCUT2D eigenvalue weighted by Gasteiger charge is 2.19. The van der Waals surface area contributed by atoms with Crippen molar-refractivity contribution >= 4 is 23.4 Å². The molecule has 33 heavy (non-hydrogen) atoms. The van der Waals surface area contributed by atoms with E-state index in [1.54, 1.807) is 12.4 Å². The standard InChI is InChI=1S/C26H27N5OS/c1-4-19-10-8-11-20(5-2)24(19)28-23(32)17-33-26-30-29-25(21-13-15-27-16-14-21)31(26)22-12-7-6-9-18(22)3/h6-16H,4-5,17H2,1-3H3,(H,28,32). The number of aromatic nitrogens is 4. The van der Waals surface area contributed by atoms with Gasteiger partial charge in [0.2, 0.25) is 5.91 Å². The van der Waals surface area contributed by atoms with Gasteiger partial charge < -0.3 is 5.32 Å². The van der Waals surface area contributed by atoms with E-state index in [0.29, 0.717) is 5.16 Å². The third kappa shape index (κ3) is 4.98. The number of thioether (sulfide) groups is 1. The molecule has 2 aromatic heterocycles. The maximum Gasteiger partial charge on any atom is 0.234 e. The van der Waals surface area contributed by atoms with Crippen molar-refractivity contribution in [3.05, 3.63) is 83.7 Å². The molecule has 0 saturated heterocycles. The lowest BCUT2D eigenvalue weighted by molar-refractivity contribution is -0.113. The molecule has 4 rings (SSSR count). The van der Waals surface area contributed by atoms with Crippen LogP contribution in [0.3, 0.4) is 0 Å². The molecule has 0 aliphatic carbocycles. The molecule has 7 heteroatoms. The van der Waals surface area contributed by atoms with Gasteiger partial charge in [-0.1, -0.05) is 62.0 Å². The third-order valence-electron chi connectivity index (χ3n) is 5.52. The summed E-state index contributed by atoms with van der Waals surface area (Å²) in [5.41, 5.74) is 6.24. The largest absolute Gasteiger partial charge is 0.325 e. The van der Waals surface area contributed by atoms with Crippen LogP contribution in [0.1, 0.15) is 30.5 Å². The first kappa shape index (κ1) is 22.7. The van der Waals surface area contributed by atoms with E-state index in [1.807, 2.05) is 41.0 Å². The minimum absolute atomic E-state index is 0.0552. The summed E-state index contributed by atoms with van der Waals surface area (Å²) in [5.74, 6) is 0.904. The summed E-state index contributed by atoms with van der Waals surface area (Å²) in [5, 5.41) is 12.7. The van der Waals surface area contributed by atoms with Gasteiger partial charge in [-0.05, 0) is 54.7 Å². The van der Waals surface area contributed by atoms with Crippen LogP contribution in [0.15, 0.2) is 72.1 Å². The normalized spacial score (nSPS) is 10.9. The van der Waals surface area contributed by atoms with Crippen molar-refractivity contribution < 1.29 is 4.79 Å². The first-order valence-electron chi connectivity index (χ1n) is 11.1. The molecular formula is C26H27N5OS. The molecule has 4 aromatic rings. The van der Waals surface area contributed by atoms with Gasteiger partial charge in [0.1, 0.15) is 0 Å². The number of pyridine rings is 1. The van der Waals surface area contributed by atoms with E-state index in [0.717, 1.165) is 52.3 Å². The van der Waals surface area contributed by atoms with Crippen LogP contribution < -0.4 is 5.32 Å². The van der Waals surface area contributed by atoms with Gasteiger partial charge in [-0.3, -0.25) is 14.3 Å². The number of hydrogen-bond acceptors (Lipinski definition) is 5. The third-order valence-corrected chi connectivity index (χ3v) is 6.45. The van der Waals surface area contributed by atoms with E-state index in [-0.39, 0.29) is 11.7 Å². The van der Waals surface area contributed by atoms with Crippen molar-refractivity contribution in [2.75, 3.05) is 11.1 Å². The fourth-order valence-corrected chi connectivity index (χ4v) is 4.54. The zero-order chi connectivity index (χ0) is 23.2. The van der Waals surface area contributed by atoms with Gasteiger partial charge in [0.25, 0.3) is 0 Å². The monoisotopic (exact) mass is 457 g/mol. The molecule has 2 aromatic carbocycles. The molecular weight excluding hydrogens is 430 g/mol. The highest BCUT2D eigenvalue weighted by atomic mass is 32.2. The molecule has 6 nitrogen and oxygen atoms in total. The van der Waals surface area contributed by atoms with Crippen LogP contribution in [-0.4, -0.2) is 31.4 Å². The highest BCUT2D eigenvalue weighted by Crippen LogP contribution is 2.30. The van der Waals surface area contributed by atoms with Crippen LogP contribution in [0, 0.1) is 6.92 Å². The van der Waals surface area contributed by atoms with Crippen molar-refractivity contribution in [2.45, 2.75) is 38.8 Å². The van der Waals surface area contributed by atoms with E-state index in [1.165, 1.54) is 11.8 Å². The summed E-state index contributed by atoms with van der Waals surface area (Å²) in [6, 6.07) is 18.1. The van der Waals surface area contributed by atoms with Crippen LogP contribution in [0.5, 0.6) is 0 Å². The SMILES string of the molecule is CCc1cccc(CC)c1NC(=O)CSc1nnc(-c2ccncc2)n1-c1ccccc1C. The minimum atomic E-state index is -0.0552. The fraction of sp³-hybridized carbons (Fsp3) is 0.231. The summed E-state index contributed by atoms with van der Waals surface area (Å²) in [6.07, 6.45) is 5.22. The molecule has 0 fully saturated rings. The molecule has 1 N–H and O–H groups in total. The Balaban J connectivity index is 1.61. The van der Waals surface area contributed by atoms with Crippen LogP contribution in [-0.2, 0) is 17.6 Å². The summed E-state index contributed by atoms with van der Waals surface area (Å²) < 4.78 is 2.01. The van der Waals surface area contributed by atoms with Crippen molar-refractivity contribution in [1.82, 2.24) is 19.7 Å². The smallest absolute Gasteiger partial charge is 0.234 e. The van der Waals surface area contributed by atoms with Crippen LogP contribution in [0.2, 0.25) is 0 Å². The summed E-state index contributed by atoms with van der Waals surface area (Å²) in [6.45, 7) is 6.26. The number of nitrogens with zero attached hydrogens (tertiary/aromatic N) is 4. The fourth-order valence-electron chi connectivity index (χ4n) is 3.79. The number of rotatable bonds is 8. The number of anilines is 1. The highest BCUT2D eigenvalue weighted by molar-refractivity contribution is 7.99. The summed E-state index contributed by atoms with van der Waals surface area (Å²) in [7, 11) is 0. The Bertz CT molecular complexity index is 1230. The number of benzene rings is 2. The second-order valence-corrected chi connectivity index (χ2v) is 8.60. The summed E-state index contributed by atoms with van der Waals surface area (Å²) >= 11 is 1.38. The van der Waals surface area contributed by atoms with Gasteiger partial charge in [0.05, 0.1) is 11.4 Å². The van der Waals surface area contributed by atoms with Crippen molar-refractivity contribution in [3.8, 4) is 17.1 Å². The predicted octanol–water partition coefficient (Wildman–Crippen LogP) is 5.49. The number of nitrogens with one attached hydrogen (secondary N) is 1. The molecule has 0 aliphatic heterocycles. The molecule has 0 bridgehead atoms. The minimum Gasteiger partial charge on any atom is -0.325 e. The Morgan fingerprint density at radius 2 is 1.64 bits per heavy atom. The number of hydrogen-bond donors (Lipinski definition) is 1. The van der Waals surface area contributed by atoms with E-state index in [9.17, 15) is 4.79 Å². The van der Waals surface area contributed by atoms with E-state index in [2.05, 4.69) is 59.5 Å². The molecule has 0 radical (unpaired) electrons. The Hall–Kier alpha value is -3.45. The van der Waals surface area contributed by atoms with Gasteiger partial charge in [0, 0.05) is 23.6 Å². The van der Waals surface area contributed by atoms with Gasteiger partial charge >= 0.3 is 0 Å². The molecule has 0 saturated carbocycles. The maximum atomic E-state index is 12.9. The number of carbonyl (C=O) groups is 1.